The first kappa shape index (κ1) is 14.0. The molecule has 0 aliphatic rings. The molecular formula is C16H17N3O. The van der Waals surface area contributed by atoms with Crippen LogP contribution < -0.4 is 4.74 Å². The highest BCUT2D eigenvalue weighted by Crippen LogP contribution is 2.34. The molecule has 4 nitrogen and oxygen atoms in total. The van der Waals surface area contributed by atoms with Gasteiger partial charge >= 0.3 is 0 Å². The minimum atomic E-state index is -0.0575. The average Bonchev–Trinajstić information content (AvgIpc) is 2.38. The lowest BCUT2D eigenvalue weighted by molar-refractivity contribution is 0.435. The summed E-state index contributed by atoms with van der Waals surface area (Å²) in [6.45, 7) is 8.35. The molecule has 0 bridgehead atoms. The highest BCUT2D eigenvalue weighted by Gasteiger charge is 2.20. The van der Waals surface area contributed by atoms with Crippen molar-refractivity contribution in [2.75, 3.05) is 0 Å². The predicted octanol–water partition coefficient (Wildman–Crippen LogP) is 3.75. The second-order valence-electron chi connectivity index (χ2n) is 5.67. The van der Waals surface area contributed by atoms with Crippen molar-refractivity contribution in [1.29, 1.82) is 5.26 Å². The van der Waals surface area contributed by atoms with E-state index in [0.717, 1.165) is 16.9 Å². The van der Waals surface area contributed by atoms with E-state index in [4.69, 9.17) is 10.00 Å². The molecule has 102 valence electrons. The zero-order chi connectivity index (χ0) is 14.8. The maximum absolute atomic E-state index is 9.05. The summed E-state index contributed by atoms with van der Waals surface area (Å²) in [4.78, 5) is 8.05. The number of aryl methyl sites for hydroxylation is 1. The van der Waals surface area contributed by atoms with Crippen LogP contribution in [-0.4, -0.2) is 9.97 Å². The van der Waals surface area contributed by atoms with Crippen molar-refractivity contribution < 1.29 is 4.74 Å². The van der Waals surface area contributed by atoms with E-state index < -0.39 is 0 Å². The van der Waals surface area contributed by atoms with Gasteiger partial charge in [0.2, 0.25) is 5.69 Å². The van der Waals surface area contributed by atoms with Crippen LogP contribution in [0.4, 0.5) is 0 Å². The Labute approximate surface area is 119 Å². The Balaban J connectivity index is 2.48. The molecule has 0 aliphatic heterocycles. The third-order valence-corrected chi connectivity index (χ3v) is 2.92. The number of aromatic nitrogens is 2. The number of nitrogens with zero attached hydrogens (tertiary/aromatic N) is 3. The number of hydrogen-bond acceptors (Lipinski definition) is 4. The molecule has 2 aromatic rings. The maximum Gasteiger partial charge on any atom is 0.256 e. The summed E-state index contributed by atoms with van der Waals surface area (Å²) >= 11 is 0. The molecule has 1 aromatic heterocycles. The van der Waals surface area contributed by atoms with E-state index in [0.29, 0.717) is 0 Å². The van der Waals surface area contributed by atoms with Crippen molar-refractivity contribution in [2.24, 2.45) is 0 Å². The number of ether oxygens (including phenoxy) is 1. The Kier molecular flexibility index (Phi) is 3.71. The number of rotatable bonds is 2. The van der Waals surface area contributed by atoms with Gasteiger partial charge in [0, 0.05) is 18.0 Å². The summed E-state index contributed by atoms with van der Waals surface area (Å²) in [5.74, 6) is 0.959. The second kappa shape index (κ2) is 5.30. The summed E-state index contributed by atoms with van der Waals surface area (Å²) in [6.07, 6.45) is 3.00. The van der Waals surface area contributed by atoms with Crippen LogP contribution in [0.3, 0.4) is 0 Å². The van der Waals surface area contributed by atoms with E-state index in [1.165, 1.54) is 12.4 Å². The van der Waals surface area contributed by atoms with Crippen LogP contribution >= 0.6 is 0 Å². The van der Waals surface area contributed by atoms with Crippen LogP contribution in [0.25, 0.3) is 0 Å². The molecule has 1 heterocycles. The predicted molar refractivity (Wildman–Crippen MR) is 76.7 cm³/mol. The maximum atomic E-state index is 9.05. The lowest BCUT2D eigenvalue weighted by Gasteiger charge is -2.22. The highest BCUT2D eigenvalue weighted by molar-refractivity contribution is 5.44. The first-order chi connectivity index (χ1) is 9.41. The van der Waals surface area contributed by atoms with Gasteiger partial charge in [0.1, 0.15) is 11.8 Å². The summed E-state index contributed by atoms with van der Waals surface area (Å²) in [5, 5.41) is 9.05. The lowest BCUT2D eigenvalue weighted by atomic mass is 9.86. The zero-order valence-electron chi connectivity index (χ0n) is 12.1. The fraction of sp³-hybridized carbons (Fsp3) is 0.312. The minimum Gasteiger partial charge on any atom is -0.436 e. The first-order valence-electron chi connectivity index (χ1n) is 6.42. The lowest BCUT2D eigenvalue weighted by Crippen LogP contribution is -2.13. The molecule has 1 aromatic carbocycles. The van der Waals surface area contributed by atoms with Gasteiger partial charge in [-0.2, -0.15) is 5.26 Å². The summed E-state index contributed by atoms with van der Waals surface area (Å²) in [6, 6.07) is 8.04. The van der Waals surface area contributed by atoms with Gasteiger partial charge in [0.15, 0.2) is 0 Å². The van der Waals surface area contributed by atoms with Gasteiger partial charge in [-0.15, -0.1) is 0 Å². The van der Waals surface area contributed by atoms with Crippen LogP contribution in [0, 0.1) is 18.3 Å². The Morgan fingerprint density at radius 1 is 1.15 bits per heavy atom. The number of benzene rings is 1. The van der Waals surface area contributed by atoms with Gasteiger partial charge in [-0.1, -0.05) is 32.9 Å². The standard InChI is InChI=1S/C16H17N3O/c1-11-5-6-12(16(2,3)4)14(9-11)20-15-13(10-17)18-7-8-19-15/h5-9H,1-4H3. The Morgan fingerprint density at radius 2 is 1.85 bits per heavy atom. The van der Waals surface area contributed by atoms with E-state index >= 15 is 0 Å². The molecule has 0 unspecified atom stereocenters. The van der Waals surface area contributed by atoms with Crippen molar-refractivity contribution in [1.82, 2.24) is 9.97 Å². The Morgan fingerprint density at radius 3 is 2.50 bits per heavy atom. The van der Waals surface area contributed by atoms with Gasteiger partial charge in [-0.25, -0.2) is 9.97 Å². The van der Waals surface area contributed by atoms with Crippen molar-refractivity contribution in [3.8, 4) is 17.7 Å². The summed E-state index contributed by atoms with van der Waals surface area (Å²) in [7, 11) is 0. The highest BCUT2D eigenvalue weighted by atomic mass is 16.5. The third kappa shape index (κ3) is 2.94. The van der Waals surface area contributed by atoms with Gasteiger partial charge < -0.3 is 4.74 Å². The second-order valence-corrected chi connectivity index (χ2v) is 5.67. The molecule has 2 rings (SSSR count). The number of hydrogen-bond donors (Lipinski definition) is 0. The van der Waals surface area contributed by atoms with Crippen LogP contribution in [0.5, 0.6) is 11.6 Å². The minimum absolute atomic E-state index is 0.0575. The topological polar surface area (TPSA) is 58.8 Å². The summed E-state index contributed by atoms with van der Waals surface area (Å²) in [5.41, 5.74) is 2.29. The van der Waals surface area contributed by atoms with Crippen molar-refractivity contribution in [3.63, 3.8) is 0 Å². The molecule has 0 atom stereocenters. The van der Waals surface area contributed by atoms with E-state index in [9.17, 15) is 0 Å². The molecule has 0 saturated heterocycles. The van der Waals surface area contributed by atoms with Crippen LogP contribution in [0.15, 0.2) is 30.6 Å². The van der Waals surface area contributed by atoms with Crippen molar-refractivity contribution in [3.05, 3.63) is 47.4 Å². The fourth-order valence-corrected chi connectivity index (χ4v) is 1.91. The van der Waals surface area contributed by atoms with E-state index in [1.54, 1.807) is 0 Å². The van der Waals surface area contributed by atoms with Gasteiger partial charge in [0.25, 0.3) is 5.88 Å². The van der Waals surface area contributed by atoms with E-state index in [1.807, 2.05) is 25.1 Å². The quantitative estimate of drug-likeness (QED) is 0.831. The van der Waals surface area contributed by atoms with E-state index in [-0.39, 0.29) is 17.0 Å². The monoisotopic (exact) mass is 267 g/mol. The molecule has 0 saturated carbocycles. The van der Waals surface area contributed by atoms with Crippen molar-refractivity contribution in [2.45, 2.75) is 33.1 Å². The SMILES string of the molecule is Cc1ccc(C(C)(C)C)c(Oc2nccnc2C#N)c1. The summed E-state index contributed by atoms with van der Waals surface area (Å²) < 4.78 is 5.84. The smallest absolute Gasteiger partial charge is 0.256 e. The zero-order valence-corrected chi connectivity index (χ0v) is 12.1. The van der Waals surface area contributed by atoms with Gasteiger partial charge in [-0.3, -0.25) is 0 Å². The normalized spacial score (nSPS) is 10.9. The van der Waals surface area contributed by atoms with E-state index in [2.05, 4.69) is 36.8 Å². The molecule has 0 fully saturated rings. The molecule has 0 N–H and O–H groups in total. The molecule has 0 spiro atoms. The van der Waals surface area contributed by atoms with Gasteiger partial charge in [-0.05, 0) is 24.0 Å². The Bertz CT molecular complexity index is 666. The molecule has 0 radical (unpaired) electrons. The fourth-order valence-electron chi connectivity index (χ4n) is 1.91. The molecule has 0 amide bonds. The average molecular weight is 267 g/mol. The molecule has 20 heavy (non-hydrogen) atoms. The molecular weight excluding hydrogens is 250 g/mol. The van der Waals surface area contributed by atoms with Crippen LogP contribution in [-0.2, 0) is 5.41 Å². The van der Waals surface area contributed by atoms with Crippen LogP contribution in [0.2, 0.25) is 0 Å². The van der Waals surface area contributed by atoms with Crippen LogP contribution in [0.1, 0.15) is 37.6 Å². The van der Waals surface area contributed by atoms with Gasteiger partial charge in [0.05, 0.1) is 0 Å². The third-order valence-electron chi connectivity index (χ3n) is 2.92. The Hall–Kier alpha value is -2.41. The first-order valence-corrected chi connectivity index (χ1v) is 6.42. The molecule has 4 heteroatoms. The number of nitriles is 1. The van der Waals surface area contributed by atoms with Crippen molar-refractivity contribution >= 4 is 0 Å². The molecule has 0 aliphatic carbocycles. The largest absolute Gasteiger partial charge is 0.436 e.